The summed E-state index contributed by atoms with van der Waals surface area (Å²) in [6.45, 7) is 5.30. The van der Waals surface area contributed by atoms with E-state index in [-0.39, 0.29) is 6.03 Å². The fraction of sp³-hybridized carbons (Fsp3) is 0.360. The summed E-state index contributed by atoms with van der Waals surface area (Å²) in [6.07, 6.45) is 2.60. The summed E-state index contributed by atoms with van der Waals surface area (Å²) in [5.41, 5.74) is 2.97. The van der Waals surface area contributed by atoms with Crippen molar-refractivity contribution in [2.24, 2.45) is 0 Å². The van der Waals surface area contributed by atoms with Crippen molar-refractivity contribution in [3.63, 3.8) is 0 Å². The zero-order chi connectivity index (χ0) is 23.2. The van der Waals surface area contributed by atoms with E-state index in [0.29, 0.717) is 24.7 Å². The van der Waals surface area contributed by atoms with Gasteiger partial charge in [-0.05, 0) is 36.2 Å². The third kappa shape index (κ3) is 5.39. The van der Waals surface area contributed by atoms with Crippen LogP contribution in [0.25, 0.3) is 11.3 Å². The molecule has 2 heterocycles. The van der Waals surface area contributed by atoms with Crippen molar-refractivity contribution >= 4 is 11.7 Å². The number of nitrogens with zero attached hydrogens (tertiary/aromatic N) is 3. The number of anilines is 1. The van der Waals surface area contributed by atoms with E-state index in [4.69, 9.17) is 13.9 Å². The van der Waals surface area contributed by atoms with Gasteiger partial charge < -0.3 is 29.0 Å². The van der Waals surface area contributed by atoms with Crippen LogP contribution in [0.1, 0.15) is 17.9 Å². The minimum atomic E-state index is -0.0405. The molecule has 3 aromatic rings. The summed E-state index contributed by atoms with van der Waals surface area (Å²) in [4.78, 5) is 21.1. The molecule has 0 saturated carbocycles. The first-order chi connectivity index (χ1) is 16.1. The molecule has 1 saturated heterocycles. The molecule has 1 aliphatic rings. The number of oxazole rings is 1. The lowest BCUT2D eigenvalue weighted by molar-refractivity contribution is 0.201. The number of rotatable bonds is 6. The Kier molecular flexibility index (Phi) is 7.02. The molecule has 0 atom stereocenters. The van der Waals surface area contributed by atoms with Crippen molar-refractivity contribution in [1.29, 1.82) is 0 Å². The average molecular weight is 451 g/mol. The van der Waals surface area contributed by atoms with Gasteiger partial charge in [-0.25, -0.2) is 9.78 Å². The lowest BCUT2D eigenvalue weighted by Gasteiger charge is -2.24. The van der Waals surface area contributed by atoms with Gasteiger partial charge in [-0.15, -0.1) is 0 Å². The molecule has 4 rings (SSSR count). The second-order valence-electron chi connectivity index (χ2n) is 7.96. The van der Waals surface area contributed by atoms with Crippen LogP contribution in [-0.2, 0) is 6.54 Å². The van der Waals surface area contributed by atoms with Crippen molar-refractivity contribution in [1.82, 2.24) is 15.2 Å². The highest BCUT2D eigenvalue weighted by Gasteiger charge is 2.20. The average Bonchev–Trinajstić information content (AvgIpc) is 3.13. The number of hydrogen-bond donors (Lipinski definition) is 1. The minimum Gasteiger partial charge on any atom is -0.497 e. The van der Waals surface area contributed by atoms with Crippen LogP contribution in [0.3, 0.4) is 0 Å². The molecular weight excluding hydrogens is 420 g/mol. The van der Waals surface area contributed by atoms with E-state index in [1.54, 1.807) is 20.4 Å². The Bertz CT molecular complexity index is 1080. The number of aromatic nitrogens is 1. The first-order valence-electron chi connectivity index (χ1n) is 11.1. The maximum atomic E-state index is 12.7. The van der Waals surface area contributed by atoms with Crippen molar-refractivity contribution in [3.8, 4) is 22.8 Å². The van der Waals surface area contributed by atoms with Gasteiger partial charge in [0.2, 0.25) is 0 Å². The van der Waals surface area contributed by atoms with Gasteiger partial charge in [0.05, 0.1) is 26.0 Å². The highest BCUT2D eigenvalue weighted by molar-refractivity contribution is 5.74. The molecule has 0 aliphatic carbocycles. The fourth-order valence-electron chi connectivity index (χ4n) is 3.98. The quantitative estimate of drug-likeness (QED) is 0.609. The lowest BCUT2D eigenvalue weighted by atomic mass is 10.1. The lowest BCUT2D eigenvalue weighted by Crippen LogP contribution is -2.41. The van der Waals surface area contributed by atoms with Crippen molar-refractivity contribution < 1.29 is 18.7 Å². The first-order valence-corrected chi connectivity index (χ1v) is 11.1. The van der Waals surface area contributed by atoms with Gasteiger partial charge in [-0.2, -0.15) is 0 Å². The Morgan fingerprint density at radius 3 is 2.58 bits per heavy atom. The number of benzene rings is 2. The number of urea groups is 1. The monoisotopic (exact) mass is 450 g/mol. The number of carbonyl (C=O) groups excluding carboxylic acids is 1. The van der Waals surface area contributed by atoms with E-state index in [1.165, 1.54) is 0 Å². The van der Waals surface area contributed by atoms with Crippen molar-refractivity contribution in [3.05, 3.63) is 60.1 Å². The van der Waals surface area contributed by atoms with Gasteiger partial charge in [-0.1, -0.05) is 12.1 Å². The standard InChI is InChI=1S/C25H30N4O4/c1-18-26-17-24(33-18)22-10-7-20(15-23(22)32-3)28-11-4-12-29(14-13-28)25(30)27-16-19-5-8-21(31-2)9-6-19/h5-10,15,17H,4,11-14,16H2,1-3H3,(H,27,30). The Hall–Kier alpha value is -3.68. The van der Waals surface area contributed by atoms with Crippen LogP contribution in [0.2, 0.25) is 0 Å². The molecule has 1 N–H and O–H groups in total. The van der Waals surface area contributed by atoms with Gasteiger partial charge in [0, 0.05) is 51.4 Å². The molecule has 0 bridgehead atoms. The first kappa shape index (κ1) is 22.5. The van der Waals surface area contributed by atoms with Crippen LogP contribution in [-0.4, -0.2) is 56.3 Å². The summed E-state index contributed by atoms with van der Waals surface area (Å²) in [5, 5.41) is 3.03. The Morgan fingerprint density at radius 2 is 1.88 bits per heavy atom. The van der Waals surface area contributed by atoms with Crippen LogP contribution in [0, 0.1) is 6.92 Å². The van der Waals surface area contributed by atoms with Crippen LogP contribution in [0.5, 0.6) is 11.5 Å². The van der Waals surface area contributed by atoms with Gasteiger partial charge >= 0.3 is 6.03 Å². The Balaban J connectivity index is 1.36. The summed E-state index contributed by atoms with van der Waals surface area (Å²) in [7, 11) is 3.30. The second-order valence-corrected chi connectivity index (χ2v) is 7.96. The summed E-state index contributed by atoms with van der Waals surface area (Å²) in [5.74, 6) is 2.85. The molecule has 1 aromatic heterocycles. The maximum Gasteiger partial charge on any atom is 0.317 e. The normalized spacial score (nSPS) is 14.0. The van der Waals surface area contributed by atoms with Crippen LogP contribution >= 0.6 is 0 Å². The Labute approximate surface area is 194 Å². The highest BCUT2D eigenvalue weighted by atomic mass is 16.5. The molecule has 1 aliphatic heterocycles. The number of amides is 2. The van der Waals surface area contributed by atoms with E-state index in [1.807, 2.05) is 48.2 Å². The molecule has 8 heteroatoms. The third-order valence-corrected chi connectivity index (χ3v) is 5.82. The van der Waals surface area contributed by atoms with Crippen molar-refractivity contribution in [2.75, 3.05) is 45.3 Å². The molecule has 0 unspecified atom stereocenters. The van der Waals surface area contributed by atoms with E-state index in [9.17, 15) is 4.79 Å². The summed E-state index contributed by atoms with van der Waals surface area (Å²) >= 11 is 0. The molecule has 174 valence electrons. The highest BCUT2D eigenvalue weighted by Crippen LogP contribution is 2.34. The molecule has 8 nitrogen and oxygen atoms in total. The topological polar surface area (TPSA) is 80.1 Å². The zero-order valence-corrected chi connectivity index (χ0v) is 19.3. The predicted molar refractivity (Wildman–Crippen MR) is 127 cm³/mol. The van der Waals surface area contributed by atoms with E-state index < -0.39 is 0 Å². The number of aryl methyl sites for hydroxylation is 1. The smallest absolute Gasteiger partial charge is 0.317 e. The molecule has 1 fully saturated rings. The molecule has 0 spiro atoms. The van der Waals surface area contributed by atoms with E-state index in [2.05, 4.69) is 21.3 Å². The van der Waals surface area contributed by atoms with E-state index in [0.717, 1.165) is 54.4 Å². The van der Waals surface area contributed by atoms with E-state index >= 15 is 0 Å². The number of carbonyl (C=O) groups is 1. The van der Waals surface area contributed by atoms with Crippen LogP contribution in [0.4, 0.5) is 10.5 Å². The molecule has 33 heavy (non-hydrogen) atoms. The van der Waals surface area contributed by atoms with Gasteiger partial charge in [0.25, 0.3) is 0 Å². The number of ether oxygens (including phenoxy) is 2. The third-order valence-electron chi connectivity index (χ3n) is 5.82. The zero-order valence-electron chi connectivity index (χ0n) is 19.3. The SMILES string of the molecule is COc1ccc(CNC(=O)N2CCCN(c3ccc(-c4cnc(C)o4)c(OC)c3)CC2)cc1. The van der Waals surface area contributed by atoms with Gasteiger partial charge in [0.1, 0.15) is 11.5 Å². The second kappa shape index (κ2) is 10.3. The number of methoxy groups -OCH3 is 2. The van der Waals surface area contributed by atoms with Crippen LogP contribution < -0.4 is 19.7 Å². The van der Waals surface area contributed by atoms with Crippen LogP contribution in [0.15, 0.2) is 53.1 Å². The molecule has 2 amide bonds. The fourth-order valence-corrected chi connectivity index (χ4v) is 3.98. The van der Waals surface area contributed by atoms with Crippen molar-refractivity contribution in [2.45, 2.75) is 19.9 Å². The molecule has 2 aromatic carbocycles. The van der Waals surface area contributed by atoms with Gasteiger partial charge in [-0.3, -0.25) is 0 Å². The predicted octanol–water partition coefficient (Wildman–Crippen LogP) is 4.09. The largest absolute Gasteiger partial charge is 0.497 e. The maximum absolute atomic E-state index is 12.7. The number of nitrogens with one attached hydrogen (secondary N) is 1. The molecule has 0 radical (unpaired) electrons. The summed E-state index contributed by atoms with van der Waals surface area (Å²) < 4.78 is 16.5. The summed E-state index contributed by atoms with van der Waals surface area (Å²) in [6, 6.07) is 13.8. The Morgan fingerprint density at radius 1 is 1.06 bits per heavy atom. The van der Waals surface area contributed by atoms with Gasteiger partial charge in [0.15, 0.2) is 11.7 Å². The minimum absolute atomic E-state index is 0.0405. The molecular formula is C25H30N4O4. The number of hydrogen-bond acceptors (Lipinski definition) is 6.